The lowest BCUT2D eigenvalue weighted by Gasteiger charge is -2.13. The number of amides is 1. The van der Waals surface area contributed by atoms with Gasteiger partial charge in [-0.1, -0.05) is 11.2 Å². The van der Waals surface area contributed by atoms with Gasteiger partial charge in [-0.05, 0) is 50.2 Å². The number of carboxylic acid groups (broad SMARTS) is 1. The van der Waals surface area contributed by atoms with Crippen molar-refractivity contribution in [1.29, 1.82) is 0 Å². The summed E-state index contributed by atoms with van der Waals surface area (Å²) in [5.74, 6) is -0.0597. The number of nitrogens with zero attached hydrogens (tertiary/aromatic N) is 1. The molecule has 1 amide bonds. The third-order valence-electron chi connectivity index (χ3n) is 4.35. The summed E-state index contributed by atoms with van der Waals surface area (Å²) in [6.07, 6.45) is 0. The molecule has 0 fully saturated rings. The van der Waals surface area contributed by atoms with Gasteiger partial charge in [0.05, 0.1) is 29.5 Å². The fourth-order valence-corrected chi connectivity index (χ4v) is 2.73. The molecule has 0 atom stereocenters. The van der Waals surface area contributed by atoms with Crippen LogP contribution in [0.2, 0.25) is 0 Å². The van der Waals surface area contributed by atoms with Crippen LogP contribution in [0.4, 0.5) is 5.69 Å². The number of hydrogen-bond acceptors (Lipinski definition) is 6. The van der Waals surface area contributed by atoms with Crippen LogP contribution in [0.5, 0.6) is 11.5 Å². The molecule has 0 radical (unpaired) electrons. The van der Waals surface area contributed by atoms with Crippen molar-refractivity contribution in [2.24, 2.45) is 0 Å². The van der Waals surface area contributed by atoms with E-state index in [1.807, 2.05) is 6.92 Å². The molecule has 2 aromatic carbocycles. The third kappa shape index (κ3) is 4.55. The van der Waals surface area contributed by atoms with Gasteiger partial charge in [-0.3, -0.25) is 4.79 Å². The maximum atomic E-state index is 12.9. The molecule has 8 nitrogen and oxygen atoms in total. The van der Waals surface area contributed by atoms with E-state index in [-0.39, 0.29) is 17.7 Å². The average Bonchev–Trinajstić information content (AvgIpc) is 3.04. The number of carbonyl (C=O) groups is 2. The van der Waals surface area contributed by atoms with E-state index in [0.717, 1.165) is 5.56 Å². The first kappa shape index (κ1) is 19.9. The predicted molar refractivity (Wildman–Crippen MR) is 105 cm³/mol. The molecule has 0 spiro atoms. The number of anilines is 1. The van der Waals surface area contributed by atoms with Crippen LogP contribution in [0, 0.1) is 13.8 Å². The lowest BCUT2D eigenvalue weighted by molar-refractivity contribution is 0.0696. The molecule has 0 unspecified atom stereocenters. The van der Waals surface area contributed by atoms with Crippen molar-refractivity contribution in [1.82, 2.24) is 5.16 Å². The molecular formula is C21H20N2O6. The summed E-state index contributed by atoms with van der Waals surface area (Å²) in [6.45, 7) is 3.78. The maximum Gasteiger partial charge on any atom is 0.335 e. The Bertz CT molecular complexity index is 1040. The van der Waals surface area contributed by atoms with Gasteiger partial charge in [0, 0.05) is 5.69 Å². The van der Waals surface area contributed by atoms with E-state index in [1.165, 1.54) is 19.2 Å². The smallest absolute Gasteiger partial charge is 0.335 e. The number of nitrogens with one attached hydrogen (secondary N) is 1. The van der Waals surface area contributed by atoms with E-state index < -0.39 is 11.9 Å². The summed E-state index contributed by atoms with van der Waals surface area (Å²) in [5.41, 5.74) is 2.20. The number of ether oxygens (including phenoxy) is 2. The highest BCUT2D eigenvalue weighted by Gasteiger charge is 2.17. The molecule has 3 aromatic rings. The minimum absolute atomic E-state index is 0.0725. The summed E-state index contributed by atoms with van der Waals surface area (Å²) in [7, 11) is 1.50. The first-order valence-electron chi connectivity index (χ1n) is 8.76. The standard InChI is InChI=1S/C21H20N2O6/c1-12-18(13(2)29-23-12)11-28-19-8-7-16(27-3)10-17(19)20(24)22-15-6-4-5-14(9-15)21(25)26/h4-10H,11H2,1-3H3,(H,22,24)(H,25,26). The van der Waals surface area contributed by atoms with Crippen molar-refractivity contribution < 1.29 is 28.7 Å². The molecule has 0 saturated heterocycles. The molecule has 0 aliphatic carbocycles. The van der Waals surface area contributed by atoms with Crippen molar-refractivity contribution >= 4 is 17.6 Å². The highest BCUT2D eigenvalue weighted by Crippen LogP contribution is 2.27. The molecule has 0 aliphatic rings. The normalized spacial score (nSPS) is 10.4. The number of aromatic carboxylic acids is 1. The van der Waals surface area contributed by atoms with Gasteiger partial charge in [-0.25, -0.2) is 4.79 Å². The lowest BCUT2D eigenvalue weighted by atomic mass is 10.1. The molecule has 150 valence electrons. The molecule has 0 saturated carbocycles. The number of aryl methyl sites for hydroxylation is 2. The van der Waals surface area contributed by atoms with Crippen LogP contribution in [-0.2, 0) is 6.61 Å². The third-order valence-corrected chi connectivity index (χ3v) is 4.35. The fourth-order valence-electron chi connectivity index (χ4n) is 2.73. The molecule has 29 heavy (non-hydrogen) atoms. The zero-order valence-corrected chi connectivity index (χ0v) is 16.2. The van der Waals surface area contributed by atoms with E-state index in [1.54, 1.807) is 37.3 Å². The van der Waals surface area contributed by atoms with Crippen LogP contribution in [0.1, 0.15) is 37.7 Å². The van der Waals surface area contributed by atoms with Crippen molar-refractivity contribution in [3.63, 3.8) is 0 Å². The zero-order valence-electron chi connectivity index (χ0n) is 16.2. The molecule has 2 N–H and O–H groups in total. The summed E-state index contributed by atoms with van der Waals surface area (Å²) < 4.78 is 16.2. The van der Waals surface area contributed by atoms with Gasteiger partial charge in [0.15, 0.2) is 0 Å². The molecule has 0 aliphatic heterocycles. The van der Waals surface area contributed by atoms with Crippen LogP contribution in [-0.4, -0.2) is 29.2 Å². The number of carboxylic acids is 1. The van der Waals surface area contributed by atoms with Crippen molar-refractivity contribution in [2.45, 2.75) is 20.5 Å². The van der Waals surface area contributed by atoms with Gasteiger partial charge in [-0.15, -0.1) is 0 Å². The Balaban J connectivity index is 1.85. The number of benzene rings is 2. The first-order valence-corrected chi connectivity index (χ1v) is 8.76. The van der Waals surface area contributed by atoms with Gasteiger partial charge in [0.25, 0.3) is 5.91 Å². The Hall–Kier alpha value is -3.81. The Morgan fingerprint density at radius 1 is 1.17 bits per heavy atom. The molecule has 3 rings (SSSR count). The second-order valence-corrected chi connectivity index (χ2v) is 6.29. The van der Waals surface area contributed by atoms with Gasteiger partial charge in [0.1, 0.15) is 23.9 Å². The zero-order chi connectivity index (χ0) is 21.0. The quantitative estimate of drug-likeness (QED) is 0.624. The monoisotopic (exact) mass is 396 g/mol. The van der Waals surface area contributed by atoms with E-state index in [9.17, 15) is 9.59 Å². The van der Waals surface area contributed by atoms with Crippen molar-refractivity contribution in [3.8, 4) is 11.5 Å². The molecule has 1 heterocycles. The van der Waals surface area contributed by atoms with Gasteiger partial charge >= 0.3 is 5.97 Å². The minimum Gasteiger partial charge on any atom is -0.497 e. The SMILES string of the molecule is COc1ccc(OCc2c(C)noc2C)c(C(=O)Nc2cccc(C(=O)O)c2)c1. The number of hydrogen-bond donors (Lipinski definition) is 2. The van der Waals surface area contributed by atoms with E-state index in [2.05, 4.69) is 10.5 Å². The molecule has 0 bridgehead atoms. The molecular weight excluding hydrogens is 376 g/mol. The molecule has 1 aromatic heterocycles. The van der Waals surface area contributed by atoms with E-state index in [4.69, 9.17) is 19.1 Å². The van der Waals surface area contributed by atoms with E-state index in [0.29, 0.717) is 28.6 Å². The van der Waals surface area contributed by atoms with Crippen LogP contribution in [0.3, 0.4) is 0 Å². The summed E-state index contributed by atoms with van der Waals surface area (Å²) in [4.78, 5) is 24.0. The number of carbonyl (C=O) groups excluding carboxylic acids is 1. The Kier molecular flexibility index (Phi) is 5.82. The second kappa shape index (κ2) is 8.47. The summed E-state index contributed by atoms with van der Waals surface area (Å²) in [5, 5.41) is 15.7. The average molecular weight is 396 g/mol. The second-order valence-electron chi connectivity index (χ2n) is 6.29. The number of aromatic nitrogens is 1. The lowest BCUT2D eigenvalue weighted by Crippen LogP contribution is -2.14. The van der Waals surface area contributed by atoms with E-state index >= 15 is 0 Å². The predicted octanol–water partition coefficient (Wildman–Crippen LogP) is 3.83. The highest BCUT2D eigenvalue weighted by atomic mass is 16.5. The first-order chi connectivity index (χ1) is 13.9. The Morgan fingerprint density at radius 2 is 1.97 bits per heavy atom. The van der Waals surface area contributed by atoms with Crippen molar-refractivity contribution in [3.05, 3.63) is 70.6 Å². The van der Waals surface area contributed by atoms with Crippen LogP contribution < -0.4 is 14.8 Å². The topological polar surface area (TPSA) is 111 Å². The summed E-state index contributed by atoms with van der Waals surface area (Å²) >= 11 is 0. The Morgan fingerprint density at radius 3 is 2.62 bits per heavy atom. The largest absolute Gasteiger partial charge is 0.497 e. The number of methoxy groups -OCH3 is 1. The van der Waals surface area contributed by atoms with Gasteiger partial charge in [-0.2, -0.15) is 0 Å². The Labute approximate surface area is 167 Å². The van der Waals surface area contributed by atoms with Crippen molar-refractivity contribution in [2.75, 3.05) is 12.4 Å². The van der Waals surface area contributed by atoms with Crippen LogP contribution in [0.15, 0.2) is 47.0 Å². The van der Waals surface area contributed by atoms with Gasteiger partial charge in [0.2, 0.25) is 0 Å². The number of rotatable bonds is 7. The van der Waals surface area contributed by atoms with Crippen LogP contribution in [0.25, 0.3) is 0 Å². The summed E-state index contributed by atoms with van der Waals surface area (Å²) in [6, 6.07) is 10.9. The molecule has 8 heteroatoms. The fraction of sp³-hybridized carbons (Fsp3) is 0.190. The minimum atomic E-state index is -1.08. The van der Waals surface area contributed by atoms with Gasteiger partial charge < -0.3 is 24.4 Å². The highest BCUT2D eigenvalue weighted by molar-refractivity contribution is 6.07. The maximum absolute atomic E-state index is 12.9. The van der Waals surface area contributed by atoms with Crippen LogP contribution >= 0.6 is 0 Å².